The standard InChI is InChI=1S/C18H17N3O2S2/c1-11-2-7-14-15(8-11)25-18-16(14)17(19-10-20-18)24-9-12-3-5-13(6-4-12)21(22)23/h3-6,10-11H,2,7-9H2,1H3. The fourth-order valence-corrected chi connectivity index (χ4v) is 5.62. The van der Waals surface area contributed by atoms with Gasteiger partial charge in [0.1, 0.15) is 16.2 Å². The van der Waals surface area contributed by atoms with Gasteiger partial charge in [0, 0.05) is 28.1 Å². The molecular weight excluding hydrogens is 354 g/mol. The Hall–Kier alpha value is -1.99. The third-order valence-corrected chi connectivity index (χ3v) is 6.80. The highest BCUT2D eigenvalue weighted by Gasteiger charge is 2.23. The number of nitro benzene ring substituents is 1. The van der Waals surface area contributed by atoms with Crippen LogP contribution in [0.4, 0.5) is 5.69 Å². The molecule has 0 radical (unpaired) electrons. The van der Waals surface area contributed by atoms with Crippen molar-refractivity contribution in [3.63, 3.8) is 0 Å². The number of non-ortho nitro benzene ring substituents is 1. The second kappa shape index (κ2) is 6.72. The van der Waals surface area contributed by atoms with Crippen LogP contribution in [0.3, 0.4) is 0 Å². The molecule has 0 amide bonds. The van der Waals surface area contributed by atoms with Crippen molar-refractivity contribution >= 4 is 39.0 Å². The molecule has 0 spiro atoms. The van der Waals surface area contributed by atoms with Gasteiger partial charge in [-0.2, -0.15) is 0 Å². The fourth-order valence-electron chi connectivity index (χ4n) is 3.22. The number of hydrogen-bond acceptors (Lipinski definition) is 6. The highest BCUT2D eigenvalue weighted by Crippen LogP contribution is 2.41. The van der Waals surface area contributed by atoms with Crippen LogP contribution in [0.1, 0.15) is 29.3 Å². The lowest BCUT2D eigenvalue weighted by Crippen LogP contribution is -2.08. The zero-order valence-corrected chi connectivity index (χ0v) is 15.4. The third-order valence-electron chi connectivity index (χ3n) is 4.58. The van der Waals surface area contributed by atoms with Crippen LogP contribution in [-0.4, -0.2) is 14.9 Å². The molecule has 25 heavy (non-hydrogen) atoms. The number of benzene rings is 1. The van der Waals surface area contributed by atoms with E-state index in [-0.39, 0.29) is 10.6 Å². The number of thioether (sulfide) groups is 1. The van der Waals surface area contributed by atoms with E-state index in [4.69, 9.17) is 0 Å². The topological polar surface area (TPSA) is 68.9 Å². The van der Waals surface area contributed by atoms with E-state index >= 15 is 0 Å². The Bertz CT molecular complexity index is 937. The number of fused-ring (bicyclic) bond motifs is 3. The second-order valence-electron chi connectivity index (χ2n) is 6.42. The molecule has 1 aromatic carbocycles. The molecule has 0 bridgehead atoms. The van der Waals surface area contributed by atoms with Gasteiger partial charge in [-0.05, 0) is 36.3 Å². The largest absolute Gasteiger partial charge is 0.269 e. The minimum absolute atomic E-state index is 0.124. The Labute approximate surface area is 153 Å². The van der Waals surface area contributed by atoms with Crippen LogP contribution in [0.25, 0.3) is 10.2 Å². The molecule has 0 fully saturated rings. The van der Waals surface area contributed by atoms with Crippen molar-refractivity contribution in [3.8, 4) is 0 Å². The average Bonchev–Trinajstić information content (AvgIpc) is 2.98. The lowest BCUT2D eigenvalue weighted by Gasteiger charge is -2.18. The quantitative estimate of drug-likeness (QED) is 0.279. The maximum atomic E-state index is 10.8. The summed E-state index contributed by atoms with van der Waals surface area (Å²) in [5.41, 5.74) is 2.61. The van der Waals surface area contributed by atoms with Gasteiger partial charge in [0.2, 0.25) is 0 Å². The van der Waals surface area contributed by atoms with Gasteiger partial charge in [-0.15, -0.1) is 23.1 Å². The molecule has 2 aromatic heterocycles. The molecule has 0 saturated heterocycles. The van der Waals surface area contributed by atoms with Crippen molar-refractivity contribution in [3.05, 3.63) is 56.7 Å². The van der Waals surface area contributed by atoms with Crippen molar-refractivity contribution < 1.29 is 4.92 Å². The SMILES string of the molecule is CC1CCc2c(sc3ncnc(SCc4ccc([N+](=O)[O-])cc4)c23)C1. The molecule has 0 aliphatic heterocycles. The summed E-state index contributed by atoms with van der Waals surface area (Å²) in [4.78, 5) is 21.9. The molecule has 2 heterocycles. The zero-order chi connectivity index (χ0) is 17.4. The monoisotopic (exact) mass is 371 g/mol. The van der Waals surface area contributed by atoms with E-state index in [9.17, 15) is 10.1 Å². The van der Waals surface area contributed by atoms with Gasteiger partial charge in [0.25, 0.3) is 5.69 Å². The first kappa shape index (κ1) is 16.5. The summed E-state index contributed by atoms with van der Waals surface area (Å²) in [5.74, 6) is 1.48. The molecule has 0 N–H and O–H groups in total. The Morgan fingerprint density at radius 3 is 2.88 bits per heavy atom. The number of nitro groups is 1. The summed E-state index contributed by atoms with van der Waals surface area (Å²) in [6.45, 7) is 2.31. The predicted octanol–water partition coefficient (Wildman–Crippen LogP) is 5.02. The Kier molecular flexibility index (Phi) is 4.43. The molecule has 1 aliphatic rings. The number of aryl methyl sites for hydroxylation is 1. The lowest BCUT2D eigenvalue weighted by molar-refractivity contribution is -0.384. The van der Waals surface area contributed by atoms with E-state index in [1.165, 1.54) is 22.2 Å². The van der Waals surface area contributed by atoms with Crippen LogP contribution >= 0.6 is 23.1 Å². The number of hydrogen-bond donors (Lipinski definition) is 0. The summed E-state index contributed by atoms with van der Waals surface area (Å²) in [6.07, 6.45) is 5.11. The van der Waals surface area contributed by atoms with Crippen molar-refractivity contribution in [2.24, 2.45) is 5.92 Å². The molecule has 128 valence electrons. The number of rotatable bonds is 4. The van der Waals surface area contributed by atoms with E-state index < -0.39 is 0 Å². The van der Waals surface area contributed by atoms with Gasteiger partial charge >= 0.3 is 0 Å². The van der Waals surface area contributed by atoms with Gasteiger partial charge in [0.05, 0.1) is 4.92 Å². The van der Waals surface area contributed by atoms with Crippen LogP contribution in [0.5, 0.6) is 0 Å². The van der Waals surface area contributed by atoms with Crippen molar-refractivity contribution in [2.45, 2.75) is 37.0 Å². The van der Waals surface area contributed by atoms with Gasteiger partial charge < -0.3 is 0 Å². The third kappa shape index (κ3) is 3.26. The molecule has 1 unspecified atom stereocenters. The highest BCUT2D eigenvalue weighted by molar-refractivity contribution is 7.98. The maximum absolute atomic E-state index is 10.8. The van der Waals surface area contributed by atoms with E-state index in [0.29, 0.717) is 0 Å². The second-order valence-corrected chi connectivity index (χ2v) is 8.47. The van der Waals surface area contributed by atoms with E-state index in [2.05, 4.69) is 16.9 Å². The van der Waals surface area contributed by atoms with Crippen LogP contribution in [0.2, 0.25) is 0 Å². The fraction of sp³-hybridized carbons (Fsp3) is 0.333. The number of nitrogens with zero attached hydrogens (tertiary/aromatic N) is 3. The van der Waals surface area contributed by atoms with E-state index in [1.807, 2.05) is 12.1 Å². The normalized spacial score (nSPS) is 16.8. The molecule has 1 atom stereocenters. The van der Waals surface area contributed by atoms with E-state index in [0.717, 1.165) is 39.9 Å². The van der Waals surface area contributed by atoms with Gasteiger partial charge in [0.15, 0.2) is 0 Å². The Morgan fingerprint density at radius 1 is 1.32 bits per heavy atom. The predicted molar refractivity (Wildman–Crippen MR) is 101 cm³/mol. The van der Waals surface area contributed by atoms with Crippen molar-refractivity contribution in [2.75, 3.05) is 0 Å². The summed E-state index contributed by atoms with van der Waals surface area (Å²) in [6, 6.07) is 6.74. The zero-order valence-electron chi connectivity index (χ0n) is 13.8. The average molecular weight is 371 g/mol. The first-order valence-corrected chi connectivity index (χ1v) is 10.0. The summed E-state index contributed by atoms with van der Waals surface area (Å²) in [5, 5.41) is 13.0. The van der Waals surface area contributed by atoms with E-state index in [1.54, 1.807) is 41.6 Å². The van der Waals surface area contributed by atoms with Gasteiger partial charge in [-0.3, -0.25) is 10.1 Å². The summed E-state index contributed by atoms with van der Waals surface area (Å²) in [7, 11) is 0. The van der Waals surface area contributed by atoms with Crippen LogP contribution in [0.15, 0.2) is 35.6 Å². The Morgan fingerprint density at radius 2 is 2.12 bits per heavy atom. The molecule has 0 saturated carbocycles. The van der Waals surface area contributed by atoms with Gasteiger partial charge in [-0.1, -0.05) is 19.1 Å². The maximum Gasteiger partial charge on any atom is 0.269 e. The smallest absolute Gasteiger partial charge is 0.258 e. The highest BCUT2D eigenvalue weighted by atomic mass is 32.2. The molecule has 4 rings (SSSR count). The van der Waals surface area contributed by atoms with Crippen LogP contribution in [-0.2, 0) is 18.6 Å². The first-order valence-electron chi connectivity index (χ1n) is 8.23. The van der Waals surface area contributed by atoms with Crippen molar-refractivity contribution in [1.82, 2.24) is 9.97 Å². The van der Waals surface area contributed by atoms with Crippen LogP contribution < -0.4 is 0 Å². The molecule has 7 heteroatoms. The first-order chi connectivity index (χ1) is 12.1. The summed E-state index contributed by atoms with van der Waals surface area (Å²) < 4.78 is 0. The summed E-state index contributed by atoms with van der Waals surface area (Å²) >= 11 is 3.49. The minimum Gasteiger partial charge on any atom is -0.258 e. The minimum atomic E-state index is -0.372. The van der Waals surface area contributed by atoms with Gasteiger partial charge in [-0.25, -0.2) is 9.97 Å². The number of aromatic nitrogens is 2. The lowest BCUT2D eigenvalue weighted by atomic mass is 9.89. The Balaban J connectivity index is 1.60. The van der Waals surface area contributed by atoms with Crippen LogP contribution in [0, 0.1) is 16.0 Å². The number of thiophene rings is 1. The molecule has 1 aliphatic carbocycles. The molecule has 5 nitrogen and oxygen atoms in total. The molecular formula is C18H17N3O2S2. The molecule has 3 aromatic rings. The van der Waals surface area contributed by atoms with Crippen molar-refractivity contribution in [1.29, 1.82) is 0 Å².